The van der Waals surface area contributed by atoms with Crippen LogP contribution in [0.4, 0.5) is 35.1 Å². The van der Waals surface area contributed by atoms with Gasteiger partial charge in [0.2, 0.25) is 12.2 Å². The van der Waals surface area contributed by atoms with Crippen molar-refractivity contribution in [2.45, 2.75) is 86.6 Å². The minimum absolute atomic E-state index is 0.0704. The van der Waals surface area contributed by atoms with Crippen molar-refractivity contribution in [3.63, 3.8) is 0 Å². The normalized spacial score (nSPS) is 23.5. The minimum Gasteiger partial charge on any atom is -0.487 e. The number of aromatic nitrogens is 2. The Bertz CT molecular complexity index is 1660. The van der Waals surface area contributed by atoms with E-state index in [0.717, 1.165) is 19.4 Å². The smallest absolute Gasteiger partial charge is 0.433 e. The quantitative estimate of drug-likeness (QED) is 0.156. The van der Waals surface area contributed by atoms with Gasteiger partial charge >= 0.3 is 30.5 Å². The topological polar surface area (TPSA) is 170 Å². The first kappa shape index (κ1) is 38.3. The molecule has 2 aromatic heterocycles. The van der Waals surface area contributed by atoms with Crippen LogP contribution in [0, 0.1) is 0 Å². The second kappa shape index (κ2) is 14.6. The number of rotatable bonds is 12. The lowest BCUT2D eigenvalue weighted by Crippen LogP contribution is -2.61. The molecule has 5 rings (SSSR count). The summed E-state index contributed by atoms with van der Waals surface area (Å²) in [6.07, 6.45) is -18.9. The number of nitrogens with zero attached hydrogens (tertiary/aromatic N) is 2. The van der Waals surface area contributed by atoms with Crippen LogP contribution in [0.3, 0.4) is 0 Å². The summed E-state index contributed by atoms with van der Waals surface area (Å²) in [6.45, 7) is -3.24. The maximum absolute atomic E-state index is 13.7. The highest BCUT2D eigenvalue weighted by atomic mass is 32.1. The SMILES string of the molecule is COC(=O)[C@H]1O[C@@H](Oc2ccc(CC(c3ccc(OC(F)F)c(OC4CC4)c3)c3cnc(C(O)(C(F)(F)F)C(F)(F)F)s3)cn2)[C@H](O)[C@@H](O)[C@@H]1O. The van der Waals surface area contributed by atoms with Crippen LogP contribution in [0.15, 0.2) is 42.7 Å². The van der Waals surface area contributed by atoms with Crippen molar-refractivity contribution in [1.29, 1.82) is 0 Å². The van der Waals surface area contributed by atoms with Crippen LogP contribution in [0.25, 0.3) is 0 Å². The minimum atomic E-state index is -6.20. The average molecular weight is 761 g/mol. The molecule has 1 aliphatic heterocycles. The number of aliphatic hydroxyl groups is 4. The third-order valence-electron chi connectivity index (χ3n) is 7.88. The number of ether oxygens (including phenoxy) is 5. The molecule has 1 saturated carbocycles. The van der Waals surface area contributed by atoms with E-state index in [4.69, 9.17) is 14.2 Å². The van der Waals surface area contributed by atoms with Gasteiger partial charge in [-0.15, -0.1) is 11.3 Å². The summed E-state index contributed by atoms with van der Waals surface area (Å²) < 4.78 is 134. The van der Waals surface area contributed by atoms with E-state index in [9.17, 15) is 60.3 Å². The molecule has 0 radical (unpaired) electrons. The van der Waals surface area contributed by atoms with Crippen molar-refractivity contribution >= 4 is 17.3 Å². The second-order valence-electron chi connectivity index (χ2n) is 11.5. The average Bonchev–Trinajstić information content (AvgIpc) is 3.75. The van der Waals surface area contributed by atoms with Gasteiger partial charge in [-0.1, -0.05) is 12.1 Å². The predicted octanol–water partition coefficient (Wildman–Crippen LogP) is 3.73. The molecule has 0 amide bonds. The lowest BCUT2D eigenvalue weighted by molar-refractivity contribution is -0.376. The van der Waals surface area contributed by atoms with Crippen LogP contribution in [-0.4, -0.2) is 99.2 Å². The number of carbonyl (C=O) groups is 1. The molecule has 0 spiro atoms. The van der Waals surface area contributed by atoms with E-state index in [1.54, 1.807) is 0 Å². The fourth-order valence-corrected chi connectivity index (χ4v) is 6.18. The van der Waals surface area contributed by atoms with Crippen molar-refractivity contribution in [3.8, 4) is 17.4 Å². The Labute approximate surface area is 286 Å². The largest absolute Gasteiger partial charge is 0.487 e. The van der Waals surface area contributed by atoms with Crippen molar-refractivity contribution in [1.82, 2.24) is 9.97 Å². The number of hydrogen-bond donors (Lipinski definition) is 4. The van der Waals surface area contributed by atoms with Crippen LogP contribution < -0.4 is 14.2 Å². The van der Waals surface area contributed by atoms with Crippen LogP contribution in [0.5, 0.6) is 17.4 Å². The zero-order chi connectivity index (χ0) is 37.5. The molecule has 3 heterocycles. The van der Waals surface area contributed by atoms with E-state index in [2.05, 4.69) is 19.4 Å². The fraction of sp³-hybridized carbons (Fsp3) is 0.500. The number of thiazole rings is 1. The third-order valence-corrected chi connectivity index (χ3v) is 9.10. The molecular weight excluding hydrogens is 732 g/mol. The van der Waals surface area contributed by atoms with Gasteiger partial charge in [0.25, 0.3) is 0 Å². The number of alkyl halides is 8. The van der Waals surface area contributed by atoms with Crippen molar-refractivity contribution in [2.75, 3.05) is 7.11 Å². The van der Waals surface area contributed by atoms with E-state index >= 15 is 0 Å². The molecule has 4 N–H and O–H groups in total. The Kier molecular flexibility index (Phi) is 11.0. The van der Waals surface area contributed by atoms with E-state index in [1.165, 1.54) is 30.5 Å². The van der Waals surface area contributed by atoms with Gasteiger partial charge in [0.1, 0.15) is 23.3 Å². The number of pyridine rings is 1. The van der Waals surface area contributed by atoms with Crippen LogP contribution in [0.1, 0.15) is 39.8 Å². The molecule has 2 fully saturated rings. The number of esters is 1. The molecule has 6 atom stereocenters. The number of hydrogen-bond acceptors (Lipinski definition) is 13. The maximum atomic E-state index is 13.7. The molecule has 12 nitrogen and oxygen atoms in total. The summed E-state index contributed by atoms with van der Waals surface area (Å²) in [5.74, 6) is -2.97. The highest BCUT2D eigenvalue weighted by Crippen LogP contribution is 2.52. The summed E-state index contributed by atoms with van der Waals surface area (Å²) >= 11 is -0.0704. The molecule has 1 unspecified atom stereocenters. The number of methoxy groups -OCH3 is 1. The molecular formula is C30H28F8N2O10S. The van der Waals surface area contributed by atoms with Crippen molar-refractivity contribution in [3.05, 3.63) is 63.7 Å². The van der Waals surface area contributed by atoms with Crippen molar-refractivity contribution in [2.24, 2.45) is 0 Å². The highest BCUT2D eigenvalue weighted by molar-refractivity contribution is 7.11. The van der Waals surface area contributed by atoms with E-state index in [1.807, 2.05) is 0 Å². The summed E-state index contributed by atoms with van der Waals surface area (Å²) in [5, 5.41) is 38.8. The Balaban J connectivity index is 1.47. The van der Waals surface area contributed by atoms with Crippen LogP contribution >= 0.6 is 11.3 Å². The lowest BCUT2D eigenvalue weighted by Gasteiger charge is -2.38. The Morgan fingerprint density at radius 3 is 2.20 bits per heavy atom. The standard InChI is InChI=1S/C30H28F8N2O10S/c1-46-24(44)23-21(42)20(41)22(43)25(50-23)49-19-7-2-12(10-39-19)8-15(13-3-6-16(48-27(31)32)17(9-13)47-14-4-5-14)18-11-40-26(51-18)28(45,29(33,34)35)30(36,37)38/h2-3,6-7,9-11,14-15,20-23,25,27,41-43,45H,4-5,8H2,1H3/t15?,20-,21-,22+,23-,25+/m0/s1. The molecule has 1 saturated heterocycles. The Hall–Kier alpha value is -3.89. The second-order valence-corrected chi connectivity index (χ2v) is 12.5. The first-order chi connectivity index (χ1) is 23.8. The van der Waals surface area contributed by atoms with Gasteiger partial charge in [0.05, 0.1) is 13.2 Å². The van der Waals surface area contributed by atoms with Crippen molar-refractivity contribution < 1.29 is 84.0 Å². The first-order valence-corrected chi connectivity index (χ1v) is 15.6. The van der Waals surface area contributed by atoms with Gasteiger partial charge in [0, 0.05) is 29.3 Å². The molecule has 280 valence electrons. The van der Waals surface area contributed by atoms with Gasteiger partial charge in [0.15, 0.2) is 17.6 Å². The molecule has 0 bridgehead atoms. The van der Waals surface area contributed by atoms with Crippen LogP contribution in [0.2, 0.25) is 0 Å². The summed E-state index contributed by atoms with van der Waals surface area (Å²) in [5.41, 5.74) is -4.84. The number of carbonyl (C=O) groups excluding carboxylic acids is 1. The lowest BCUT2D eigenvalue weighted by atomic mass is 9.91. The van der Waals surface area contributed by atoms with Crippen LogP contribution in [-0.2, 0) is 26.3 Å². The Morgan fingerprint density at radius 1 is 0.941 bits per heavy atom. The van der Waals surface area contributed by atoms with E-state index in [-0.39, 0.29) is 57.2 Å². The van der Waals surface area contributed by atoms with Gasteiger partial charge in [-0.3, -0.25) is 0 Å². The maximum Gasteiger partial charge on any atom is 0.433 e. The van der Waals surface area contributed by atoms with Gasteiger partial charge in [-0.05, 0) is 42.5 Å². The molecule has 51 heavy (non-hydrogen) atoms. The summed E-state index contributed by atoms with van der Waals surface area (Å²) in [4.78, 5) is 19.1. The monoisotopic (exact) mass is 760 g/mol. The fourth-order valence-electron chi connectivity index (χ4n) is 5.01. The zero-order valence-corrected chi connectivity index (χ0v) is 26.7. The molecule has 1 aliphatic carbocycles. The zero-order valence-electron chi connectivity index (χ0n) is 25.8. The first-order valence-electron chi connectivity index (χ1n) is 14.8. The molecule has 2 aliphatic rings. The van der Waals surface area contributed by atoms with Gasteiger partial charge in [-0.2, -0.15) is 35.1 Å². The number of halogens is 8. The highest BCUT2D eigenvalue weighted by Gasteiger charge is 2.73. The molecule has 3 aromatic rings. The summed E-state index contributed by atoms with van der Waals surface area (Å²) in [6, 6.07) is 6.20. The van der Waals surface area contributed by atoms with E-state index in [0.29, 0.717) is 12.8 Å². The predicted molar refractivity (Wildman–Crippen MR) is 154 cm³/mol. The van der Waals surface area contributed by atoms with Gasteiger partial charge in [-0.25, -0.2) is 14.8 Å². The molecule has 1 aromatic carbocycles. The number of aliphatic hydroxyl groups excluding tert-OH is 3. The third kappa shape index (κ3) is 8.12. The van der Waals surface area contributed by atoms with Gasteiger partial charge < -0.3 is 44.1 Å². The molecule has 21 heteroatoms. The Morgan fingerprint density at radius 2 is 1.63 bits per heavy atom. The number of benzene rings is 1. The summed E-state index contributed by atoms with van der Waals surface area (Å²) in [7, 11) is 0.992. The van der Waals surface area contributed by atoms with E-state index < -0.39 is 72.2 Å².